The standard InChI is InChI=1S/C12H27NO6Si/c1-10(14)9-12(2,19-11(13)15)7-6-8-20(16-3,17-4)18-5/h10,14H,6-9H2,1-5H3,(H2,13,15). The highest BCUT2D eigenvalue weighted by Gasteiger charge is 2.39. The maximum absolute atomic E-state index is 11.0. The van der Waals surface area contributed by atoms with Crippen molar-refractivity contribution in [3.8, 4) is 0 Å². The zero-order valence-corrected chi connectivity index (χ0v) is 14.0. The predicted molar refractivity (Wildman–Crippen MR) is 76.2 cm³/mol. The number of aliphatic hydroxyl groups excluding tert-OH is 1. The molecule has 0 saturated heterocycles. The fraction of sp³-hybridized carbons (Fsp3) is 0.917. The smallest absolute Gasteiger partial charge is 0.443 e. The molecule has 0 aromatic carbocycles. The number of hydrogen-bond donors (Lipinski definition) is 2. The second kappa shape index (κ2) is 8.58. The van der Waals surface area contributed by atoms with Gasteiger partial charge in [0.05, 0.1) is 6.10 Å². The summed E-state index contributed by atoms with van der Waals surface area (Å²) in [5.41, 5.74) is 4.27. The van der Waals surface area contributed by atoms with Gasteiger partial charge in [0, 0.05) is 33.8 Å². The molecule has 0 radical (unpaired) electrons. The van der Waals surface area contributed by atoms with Crippen molar-refractivity contribution in [3.05, 3.63) is 0 Å². The van der Waals surface area contributed by atoms with Gasteiger partial charge in [-0.15, -0.1) is 0 Å². The number of aliphatic hydroxyl groups is 1. The molecule has 2 atom stereocenters. The highest BCUT2D eigenvalue weighted by atomic mass is 28.4. The van der Waals surface area contributed by atoms with Crippen LogP contribution in [0, 0.1) is 0 Å². The Hall–Kier alpha value is -0.673. The molecule has 0 aromatic rings. The highest BCUT2D eigenvalue weighted by molar-refractivity contribution is 6.60. The molecule has 0 aliphatic rings. The first-order valence-electron chi connectivity index (χ1n) is 6.54. The lowest BCUT2D eigenvalue weighted by Crippen LogP contribution is -2.43. The Kier molecular flexibility index (Phi) is 8.29. The van der Waals surface area contributed by atoms with Crippen LogP contribution in [0.4, 0.5) is 4.79 Å². The first-order chi connectivity index (χ1) is 9.22. The Morgan fingerprint density at radius 1 is 1.30 bits per heavy atom. The largest absolute Gasteiger partial charge is 0.500 e. The molecular formula is C12H27NO6Si. The van der Waals surface area contributed by atoms with Crippen LogP contribution >= 0.6 is 0 Å². The number of carbonyl (C=O) groups is 1. The average molecular weight is 309 g/mol. The van der Waals surface area contributed by atoms with Gasteiger partial charge in [0.1, 0.15) is 5.60 Å². The second-order valence-electron chi connectivity index (χ2n) is 5.07. The summed E-state index contributed by atoms with van der Waals surface area (Å²) in [6.45, 7) is 3.39. The van der Waals surface area contributed by atoms with Gasteiger partial charge < -0.3 is 28.9 Å². The van der Waals surface area contributed by atoms with Gasteiger partial charge in [-0.25, -0.2) is 4.79 Å². The summed E-state index contributed by atoms with van der Waals surface area (Å²) in [6.07, 6.45) is 0.0805. The number of amides is 1. The number of rotatable bonds is 10. The van der Waals surface area contributed by atoms with Crippen molar-refractivity contribution in [2.24, 2.45) is 5.73 Å². The molecule has 0 saturated carbocycles. The number of primary amides is 1. The molecule has 0 fully saturated rings. The molecule has 0 aliphatic heterocycles. The van der Waals surface area contributed by atoms with Crippen LogP contribution in [0.15, 0.2) is 0 Å². The van der Waals surface area contributed by atoms with E-state index in [9.17, 15) is 9.90 Å². The van der Waals surface area contributed by atoms with E-state index < -0.39 is 26.6 Å². The van der Waals surface area contributed by atoms with Crippen LogP contribution in [0.3, 0.4) is 0 Å². The van der Waals surface area contributed by atoms with E-state index in [1.54, 1.807) is 35.2 Å². The van der Waals surface area contributed by atoms with Gasteiger partial charge >= 0.3 is 14.9 Å². The Morgan fingerprint density at radius 2 is 1.80 bits per heavy atom. The van der Waals surface area contributed by atoms with E-state index in [1.807, 2.05) is 0 Å². The van der Waals surface area contributed by atoms with Crippen LogP contribution in [-0.2, 0) is 18.0 Å². The summed E-state index contributed by atoms with van der Waals surface area (Å²) < 4.78 is 21.1. The number of nitrogens with two attached hydrogens (primary N) is 1. The molecule has 0 aliphatic carbocycles. The zero-order valence-electron chi connectivity index (χ0n) is 13.0. The summed E-state index contributed by atoms with van der Waals surface area (Å²) in [7, 11) is 2.02. The molecule has 0 heterocycles. The van der Waals surface area contributed by atoms with Crippen molar-refractivity contribution in [1.29, 1.82) is 0 Å². The summed E-state index contributed by atoms with van der Waals surface area (Å²) in [5, 5.41) is 9.50. The maximum Gasteiger partial charge on any atom is 0.500 e. The van der Waals surface area contributed by atoms with Crippen LogP contribution in [0.5, 0.6) is 0 Å². The lowest BCUT2D eigenvalue weighted by Gasteiger charge is -2.31. The van der Waals surface area contributed by atoms with E-state index in [4.69, 9.17) is 23.7 Å². The third-order valence-electron chi connectivity index (χ3n) is 3.20. The van der Waals surface area contributed by atoms with E-state index in [1.165, 1.54) is 0 Å². The number of ether oxygens (including phenoxy) is 1. The summed E-state index contributed by atoms with van der Waals surface area (Å²) in [4.78, 5) is 11.0. The maximum atomic E-state index is 11.0. The lowest BCUT2D eigenvalue weighted by atomic mass is 9.93. The molecule has 0 spiro atoms. The molecular weight excluding hydrogens is 282 g/mol. The van der Waals surface area contributed by atoms with Crippen molar-refractivity contribution < 1.29 is 27.9 Å². The molecule has 8 heteroatoms. The molecule has 3 N–H and O–H groups in total. The fourth-order valence-corrected chi connectivity index (χ4v) is 4.02. The third-order valence-corrected chi connectivity index (χ3v) is 6.03. The summed E-state index contributed by atoms with van der Waals surface area (Å²) in [6, 6.07) is 0.591. The van der Waals surface area contributed by atoms with E-state index in [2.05, 4.69) is 0 Å². The molecule has 120 valence electrons. The van der Waals surface area contributed by atoms with E-state index in [0.29, 0.717) is 25.3 Å². The van der Waals surface area contributed by atoms with Crippen molar-refractivity contribution in [2.45, 2.75) is 50.9 Å². The lowest BCUT2D eigenvalue weighted by molar-refractivity contribution is -0.0122. The van der Waals surface area contributed by atoms with Crippen LogP contribution in [-0.4, -0.2) is 53.0 Å². The monoisotopic (exact) mass is 309 g/mol. The van der Waals surface area contributed by atoms with Crippen LogP contribution in [0.2, 0.25) is 6.04 Å². The van der Waals surface area contributed by atoms with Crippen molar-refractivity contribution in [1.82, 2.24) is 0 Å². The van der Waals surface area contributed by atoms with E-state index in [-0.39, 0.29) is 0 Å². The number of carbonyl (C=O) groups excluding carboxylic acids is 1. The van der Waals surface area contributed by atoms with Gasteiger partial charge in [-0.3, -0.25) is 0 Å². The van der Waals surface area contributed by atoms with Crippen LogP contribution < -0.4 is 5.73 Å². The average Bonchev–Trinajstić information content (AvgIpc) is 2.33. The first-order valence-corrected chi connectivity index (χ1v) is 8.47. The first kappa shape index (κ1) is 19.3. The van der Waals surface area contributed by atoms with Crippen LogP contribution in [0.25, 0.3) is 0 Å². The Balaban J connectivity index is 4.57. The van der Waals surface area contributed by atoms with E-state index in [0.717, 1.165) is 0 Å². The molecule has 2 unspecified atom stereocenters. The predicted octanol–water partition coefficient (Wildman–Crippen LogP) is 1.27. The zero-order chi connectivity index (χ0) is 15.8. The van der Waals surface area contributed by atoms with Gasteiger partial charge in [-0.05, 0) is 26.7 Å². The normalized spacial score (nSPS) is 16.5. The quantitative estimate of drug-likeness (QED) is 0.589. The minimum absolute atomic E-state index is 0.317. The molecule has 0 bridgehead atoms. The molecule has 20 heavy (non-hydrogen) atoms. The topological polar surface area (TPSA) is 100 Å². The Morgan fingerprint density at radius 3 is 2.15 bits per heavy atom. The van der Waals surface area contributed by atoms with Gasteiger partial charge in [-0.2, -0.15) is 0 Å². The Bertz CT molecular complexity index is 289. The van der Waals surface area contributed by atoms with Crippen molar-refractivity contribution in [2.75, 3.05) is 21.3 Å². The van der Waals surface area contributed by atoms with Gasteiger partial charge in [0.25, 0.3) is 0 Å². The summed E-state index contributed by atoms with van der Waals surface area (Å²) in [5.74, 6) is 0. The van der Waals surface area contributed by atoms with Gasteiger partial charge in [0.15, 0.2) is 0 Å². The second-order valence-corrected chi connectivity index (χ2v) is 8.16. The minimum atomic E-state index is -2.63. The Labute approximate surface area is 121 Å². The minimum Gasteiger partial charge on any atom is -0.443 e. The van der Waals surface area contributed by atoms with Gasteiger partial charge in [-0.1, -0.05) is 0 Å². The molecule has 1 amide bonds. The van der Waals surface area contributed by atoms with Crippen molar-refractivity contribution in [3.63, 3.8) is 0 Å². The molecule has 0 rings (SSSR count). The summed E-state index contributed by atoms with van der Waals surface area (Å²) >= 11 is 0. The molecule has 0 aromatic heterocycles. The van der Waals surface area contributed by atoms with Gasteiger partial charge in [0.2, 0.25) is 0 Å². The van der Waals surface area contributed by atoms with E-state index >= 15 is 0 Å². The molecule has 7 nitrogen and oxygen atoms in total. The van der Waals surface area contributed by atoms with Crippen LogP contribution in [0.1, 0.15) is 33.1 Å². The fourth-order valence-electron chi connectivity index (χ4n) is 2.30. The third kappa shape index (κ3) is 6.66. The SMILES string of the molecule is CO[Si](CCCC(C)(CC(C)O)OC(N)=O)(OC)OC. The van der Waals surface area contributed by atoms with Crippen molar-refractivity contribution >= 4 is 14.9 Å². The highest BCUT2D eigenvalue weighted by Crippen LogP contribution is 2.27. The number of hydrogen-bond acceptors (Lipinski definition) is 6.